The maximum Gasteiger partial charge on any atom is 0.242 e. The fourth-order valence-electron chi connectivity index (χ4n) is 2.38. The molecule has 1 unspecified atom stereocenters. The molecule has 0 radical (unpaired) electrons. The number of thiophene rings is 1. The van der Waals surface area contributed by atoms with Gasteiger partial charge >= 0.3 is 0 Å². The van der Waals surface area contributed by atoms with Gasteiger partial charge in [-0.05, 0) is 47.4 Å². The van der Waals surface area contributed by atoms with Crippen LogP contribution in [0.25, 0.3) is 0 Å². The topological polar surface area (TPSA) is 64.3 Å². The molecule has 1 aliphatic rings. The Balaban J connectivity index is 1.77. The monoisotopic (exact) mass is 320 g/mol. The molecule has 1 aliphatic heterocycles. The van der Waals surface area contributed by atoms with Gasteiger partial charge in [-0.15, -0.1) is 23.1 Å². The van der Waals surface area contributed by atoms with E-state index in [2.05, 4.69) is 16.8 Å². The van der Waals surface area contributed by atoms with Crippen LogP contribution in [-0.4, -0.2) is 18.8 Å². The zero-order valence-corrected chi connectivity index (χ0v) is 13.2. The summed E-state index contributed by atoms with van der Waals surface area (Å²) in [5.74, 6) is 1.60. The van der Waals surface area contributed by atoms with Crippen molar-refractivity contribution in [2.45, 2.75) is 11.7 Å². The molecule has 0 aliphatic carbocycles. The fourth-order valence-corrected chi connectivity index (χ4v) is 4.68. The van der Waals surface area contributed by atoms with Crippen LogP contribution < -0.4 is 15.8 Å². The number of fused-ring (bicyclic) bond motifs is 1. The highest BCUT2D eigenvalue weighted by Gasteiger charge is 2.28. The number of ether oxygens (including phenoxy) is 1. The average Bonchev–Trinajstić information content (AvgIpc) is 2.95. The van der Waals surface area contributed by atoms with Gasteiger partial charge in [0.05, 0.1) is 12.8 Å². The highest BCUT2D eigenvalue weighted by atomic mass is 32.2. The van der Waals surface area contributed by atoms with Crippen LogP contribution in [0.2, 0.25) is 0 Å². The number of methoxy groups -OCH3 is 1. The van der Waals surface area contributed by atoms with Gasteiger partial charge in [-0.2, -0.15) is 0 Å². The first-order chi connectivity index (χ1) is 10.2. The summed E-state index contributed by atoms with van der Waals surface area (Å²) >= 11 is 3.42. The lowest BCUT2D eigenvalue weighted by Crippen LogP contribution is -2.22. The van der Waals surface area contributed by atoms with Crippen molar-refractivity contribution in [3.05, 3.63) is 40.1 Å². The number of hydrogen-bond donors (Lipinski definition) is 2. The van der Waals surface area contributed by atoms with Crippen molar-refractivity contribution < 1.29 is 9.53 Å². The van der Waals surface area contributed by atoms with Crippen molar-refractivity contribution in [2.75, 3.05) is 23.9 Å². The number of anilines is 2. The number of hydrogen-bond acceptors (Lipinski definition) is 5. The quantitative estimate of drug-likeness (QED) is 0.852. The van der Waals surface area contributed by atoms with Gasteiger partial charge in [-0.1, -0.05) is 0 Å². The molecular weight excluding hydrogens is 304 g/mol. The number of nitrogen functional groups attached to an aromatic ring is 1. The van der Waals surface area contributed by atoms with Crippen LogP contribution in [0.15, 0.2) is 29.6 Å². The fraction of sp³-hybridized carbons (Fsp3) is 0.267. The van der Waals surface area contributed by atoms with Gasteiger partial charge in [0, 0.05) is 10.6 Å². The van der Waals surface area contributed by atoms with E-state index in [0.29, 0.717) is 17.1 Å². The molecule has 1 amide bonds. The van der Waals surface area contributed by atoms with Gasteiger partial charge in [0.25, 0.3) is 0 Å². The molecule has 6 heteroatoms. The molecule has 0 saturated carbocycles. The molecule has 1 atom stereocenters. The molecule has 1 aromatic heterocycles. The van der Waals surface area contributed by atoms with E-state index in [9.17, 15) is 4.79 Å². The number of benzene rings is 1. The van der Waals surface area contributed by atoms with Crippen molar-refractivity contribution in [2.24, 2.45) is 0 Å². The smallest absolute Gasteiger partial charge is 0.242 e. The Morgan fingerprint density at radius 1 is 1.43 bits per heavy atom. The molecular formula is C15H16N2O2S2. The Morgan fingerprint density at radius 3 is 3.05 bits per heavy atom. The standard InChI is InChI=1S/C15H16N2O2S2/c1-19-12-3-2-9(8-11(12)16)17-15(18)14-10-4-6-20-13(10)5-7-21-14/h2-4,6,8,14H,5,7,16H2,1H3,(H,17,18). The molecule has 2 heterocycles. The summed E-state index contributed by atoms with van der Waals surface area (Å²) in [4.78, 5) is 13.8. The number of carbonyl (C=O) groups excluding carboxylic acids is 1. The summed E-state index contributed by atoms with van der Waals surface area (Å²) in [7, 11) is 1.57. The molecule has 2 aromatic rings. The molecule has 1 aromatic carbocycles. The second kappa shape index (κ2) is 5.99. The predicted octanol–water partition coefficient (Wildman–Crippen LogP) is 3.31. The first-order valence-corrected chi connectivity index (χ1v) is 8.54. The Kier molecular flexibility index (Phi) is 4.07. The summed E-state index contributed by atoms with van der Waals surface area (Å²) < 4.78 is 5.12. The van der Waals surface area contributed by atoms with Crippen LogP contribution in [0, 0.1) is 0 Å². The van der Waals surface area contributed by atoms with E-state index in [1.165, 1.54) is 4.88 Å². The zero-order valence-electron chi connectivity index (χ0n) is 11.6. The lowest BCUT2D eigenvalue weighted by atomic mass is 10.1. The minimum absolute atomic E-state index is 0.00363. The Bertz CT molecular complexity index is 669. The van der Waals surface area contributed by atoms with Crippen molar-refractivity contribution in [1.82, 2.24) is 0 Å². The lowest BCUT2D eigenvalue weighted by molar-refractivity contribution is -0.115. The number of amides is 1. The van der Waals surface area contributed by atoms with Crippen molar-refractivity contribution >= 4 is 40.4 Å². The van der Waals surface area contributed by atoms with Gasteiger partial charge in [0.1, 0.15) is 11.0 Å². The third-order valence-corrected chi connectivity index (χ3v) is 5.65. The summed E-state index contributed by atoms with van der Waals surface area (Å²) in [5, 5.41) is 4.87. The van der Waals surface area contributed by atoms with E-state index in [1.54, 1.807) is 48.4 Å². The summed E-state index contributed by atoms with van der Waals surface area (Å²) in [6, 6.07) is 7.33. The van der Waals surface area contributed by atoms with E-state index in [-0.39, 0.29) is 11.2 Å². The largest absolute Gasteiger partial charge is 0.495 e. The predicted molar refractivity (Wildman–Crippen MR) is 89.3 cm³/mol. The summed E-state index contributed by atoms with van der Waals surface area (Å²) in [5.41, 5.74) is 8.23. The van der Waals surface area contributed by atoms with E-state index in [4.69, 9.17) is 10.5 Å². The van der Waals surface area contributed by atoms with Crippen LogP contribution in [-0.2, 0) is 11.2 Å². The van der Waals surface area contributed by atoms with Crippen LogP contribution in [0.1, 0.15) is 15.7 Å². The minimum atomic E-state index is -0.136. The Labute approximate surface area is 131 Å². The second-order valence-corrected chi connectivity index (χ2v) is 6.96. The molecule has 0 saturated heterocycles. The SMILES string of the molecule is COc1ccc(NC(=O)C2SCCc3sccc32)cc1N. The van der Waals surface area contributed by atoms with E-state index < -0.39 is 0 Å². The zero-order chi connectivity index (χ0) is 14.8. The molecule has 21 heavy (non-hydrogen) atoms. The number of carbonyl (C=O) groups is 1. The number of nitrogens with one attached hydrogen (secondary N) is 1. The van der Waals surface area contributed by atoms with Crippen molar-refractivity contribution in [3.63, 3.8) is 0 Å². The van der Waals surface area contributed by atoms with Gasteiger partial charge < -0.3 is 15.8 Å². The van der Waals surface area contributed by atoms with Gasteiger partial charge in [0.2, 0.25) is 5.91 Å². The highest BCUT2D eigenvalue weighted by Crippen LogP contribution is 2.40. The molecule has 3 rings (SSSR count). The minimum Gasteiger partial charge on any atom is -0.495 e. The first kappa shape index (κ1) is 14.3. The van der Waals surface area contributed by atoms with Crippen LogP contribution in [0.5, 0.6) is 5.75 Å². The van der Waals surface area contributed by atoms with Gasteiger partial charge in [-0.25, -0.2) is 0 Å². The van der Waals surface area contributed by atoms with E-state index in [0.717, 1.165) is 17.7 Å². The maximum absolute atomic E-state index is 12.5. The van der Waals surface area contributed by atoms with Crippen LogP contribution in [0.4, 0.5) is 11.4 Å². The third kappa shape index (κ3) is 2.87. The first-order valence-electron chi connectivity index (χ1n) is 6.61. The lowest BCUT2D eigenvalue weighted by Gasteiger charge is -2.21. The Hall–Kier alpha value is -1.66. The highest BCUT2D eigenvalue weighted by molar-refractivity contribution is 8.00. The number of thioether (sulfide) groups is 1. The summed E-state index contributed by atoms with van der Waals surface area (Å²) in [6.07, 6.45) is 1.05. The van der Waals surface area contributed by atoms with E-state index >= 15 is 0 Å². The molecule has 3 N–H and O–H groups in total. The number of aryl methyl sites for hydroxylation is 1. The van der Waals surface area contributed by atoms with E-state index in [1.807, 2.05) is 0 Å². The third-order valence-electron chi connectivity index (χ3n) is 3.41. The molecule has 4 nitrogen and oxygen atoms in total. The van der Waals surface area contributed by atoms with Crippen LogP contribution >= 0.6 is 23.1 Å². The summed E-state index contributed by atoms with van der Waals surface area (Å²) in [6.45, 7) is 0. The maximum atomic E-state index is 12.5. The number of nitrogens with two attached hydrogens (primary N) is 1. The average molecular weight is 320 g/mol. The second-order valence-electron chi connectivity index (χ2n) is 4.75. The molecule has 110 valence electrons. The van der Waals surface area contributed by atoms with Gasteiger partial charge in [0.15, 0.2) is 0 Å². The Morgan fingerprint density at radius 2 is 2.29 bits per heavy atom. The van der Waals surface area contributed by atoms with Crippen molar-refractivity contribution in [3.8, 4) is 5.75 Å². The molecule has 0 spiro atoms. The molecule has 0 bridgehead atoms. The normalized spacial score (nSPS) is 17.1. The van der Waals surface area contributed by atoms with Crippen LogP contribution in [0.3, 0.4) is 0 Å². The van der Waals surface area contributed by atoms with Crippen molar-refractivity contribution in [1.29, 1.82) is 0 Å². The molecule has 0 fully saturated rings. The van der Waals surface area contributed by atoms with Gasteiger partial charge in [-0.3, -0.25) is 4.79 Å². The number of rotatable bonds is 3.